The number of nitrogens with zero attached hydrogens (tertiary/aromatic N) is 4. The molecule has 5 nitrogen and oxygen atoms in total. The fraction of sp³-hybridized carbons (Fsp3) is 0.571. The first-order valence-corrected chi connectivity index (χ1v) is 6.91. The SMILES string of the molecule is CCCn1ccnc1C(NCC)c1cnn(C)c1C. The van der Waals surface area contributed by atoms with E-state index in [0.29, 0.717) is 0 Å². The molecular weight excluding hydrogens is 238 g/mol. The molecule has 0 aliphatic carbocycles. The van der Waals surface area contributed by atoms with Crippen LogP contribution in [0.4, 0.5) is 0 Å². The molecule has 0 radical (unpaired) electrons. The normalized spacial score (nSPS) is 12.8. The van der Waals surface area contributed by atoms with Gasteiger partial charge in [-0.1, -0.05) is 13.8 Å². The van der Waals surface area contributed by atoms with Crippen molar-refractivity contribution < 1.29 is 0 Å². The van der Waals surface area contributed by atoms with Crippen LogP contribution >= 0.6 is 0 Å². The minimum Gasteiger partial charge on any atom is -0.333 e. The molecule has 0 amide bonds. The van der Waals surface area contributed by atoms with E-state index in [4.69, 9.17) is 0 Å². The number of hydrogen-bond donors (Lipinski definition) is 1. The number of imidazole rings is 1. The van der Waals surface area contributed by atoms with Crippen LogP contribution in [0.5, 0.6) is 0 Å². The highest BCUT2D eigenvalue weighted by molar-refractivity contribution is 5.27. The minimum absolute atomic E-state index is 0.111. The van der Waals surface area contributed by atoms with E-state index in [1.54, 1.807) is 0 Å². The molecule has 2 rings (SSSR count). The zero-order chi connectivity index (χ0) is 13.8. The predicted molar refractivity (Wildman–Crippen MR) is 76.0 cm³/mol. The molecule has 1 N–H and O–H groups in total. The Labute approximate surface area is 114 Å². The van der Waals surface area contributed by atoms with Crippen LogP contribution in [0.3, 0.4) is 0 Å². The maximum absolute atomic E-state index is 4.54. The molecule has 1 atom stereocenters. The number of aryl methyl sites for hydroxylation is 2. The van der Waals surface area contributed by atoms with Gasteiger partial charge in [0.1, 0.15) is 5.82 Å². The summed E-state index contributed by atoms with van der Waals surface area (Å²) in [5.74, 6) is 1.07. The molecule has 2 aromatic rings. The molecule has 2 aromatic heterocycles. The Balaban J connectivity index is 2.39. The summed E-state index contributed by atoms with van der Waals surface area (Å²) >= 11 is 0. The van der Waals surface area contributed by atoms with E-state index >= 15 is 0 Å². The first kappa shape index (κ1) is 13.8. The Morgan fingerprint density at radius 3 is 2.74 bits per heavy atom. The average Bonchev–Trinajstić information content (AvgIpc) is 2.97. The maximum Gasteiger partial charge on any atom is 0.130 e. The molecule has 0 saturated heterocycles. The van der Waals surface area contributed by atoms with Gasteiger partial charge in [-0.25, -0.2) is 4.98 Å². The van der Waals surface area contributed by atoms with Crippen LogP contribution < -0.4 is 5.32 Å². The van der Waals surface area contributed by atoms with Crippen molar-refractivity contribution in [1.29, 1.82) is 0 Å². The Bertz CT molecular complexity index is 526. The predicted octanol–water partition coefficient (Wildman–Crippen LogP) is 2.03. The van der Waals surface area contributed by atoms with Gasteiger partial charge in [-0.3, -0.25) is 4.68 Å². The van der Waals surface area contributed by atoms with Crippen LogP contribution in [-0.4, -0.2) is 25.9 Å². The summed E-state index contributed by atoms with van der Waals surface area (Å²) in [6.45, 7) is 8.29. The molecule has 19 heavy (non-hydrogen) atoms. The topological polar surface area (TPSA) is 47.7 Å². The number of nitrogens with one attached hydrogen (secondary N) is 1. The van der Waals surface area contributed by atoms with Gasteiger partial charge in [0, 0.05) is 37.2 Å². The third kappa shape index (κ3) is 2.71. The van der Waals surface area contributed by atoms with Crippen molar-refractivity contribution in [1.82, 2.24) is 24.6 Å². The fourth-order valence-corrected chi connectivity index (χ4v) is 2.35. The van der Waals surface area contributed by atoms with Gasteiger partial charge in [0.15, 0.2) is 0 Å². The van der Waals surface area contributed by atoms with E-state index < -0.39 is 0 Å². The minimum atomic E-state index is 0.111. The lowest BCUT2D eigenvalue weighted by atomic mass is 10.1. The lowest BCUT2D eigenvalue weighted by Gasteiger charge is -2.19. The van der Waals surface area contributed by atoms with Crippen LogP contribution in [0.15, 0.2) is 18.6 Å². The Morgan fingerprint density at radius 2 is 2.16 bits per heavy atom. The standard InChI is InChI=1S/C14H23N5/c1-5-8-19-9-7-16-14(19)13(15-6-2)12-10-17-18(4)11(12)3/h7,9-10,13,15H,5-6,8H2,1-4H3. The lowest BCUT2D eigenvalue weighted by molar-refractivity contribution is 0.541. The second-order valence-corrected chi connectivity index (χ2v) is 4.78. The molecule has 5 heteroatoms. The molecule has 0 aliphatic heterocycles. The molecular formula is C14H23N5. The van der Waals surface area contributed by atoms with Gasteiger partial charge < -0.3 is 9.88 Å². The largest absolute Gasteiger partial charge is 0.333 e. The van der Waals surface area contributed by atoms with Crippen molar-refractivity contribution in [2.75, 3.05) is 6.54 Å². The highest BCUT2D eigenvalue weighted by atomic mass is 15.3. The average molecular weight is 261 g/mol. The first-order chi connectivity index (χ1) is 9.19. The van der Waals surface area contributed by atoms with Gasteiger partial charge in [-0.15, -0.1) is 0 Å². The molecule has 0 saturated carbocycles. The quantitative estimate of drug-likeness (QED) is 0.865. The summed E-state index contributed by atoms with van der Waals surface area (Å²) in [6.07, 6.45) is 6.97. The van der Waals surface area contributed by atoms with Crippen molar-refractivity contribution in [3.63, 3.8) is 0 Å². The third-order valence-corrected chi connectivity index (χ3v) is 3.46. The van der Waals surface area contributed by atoms with E-state index in [9.17, 15) is 0 Å². The molecule has 0 fully saturated rings. The van der Waals surface area contributed by atoms with Crippen molar-refractivity contribution in [3.05, 3.63) is 35.7 Å². The van der Waals surface area contributed by atoms with Crippen LogP contribution in [0, 0.1) is 6.92 Å². The van der Waals surface area contributed by atoms with Gasteiger partial charge in [-0.05, 0) is 19.9 Å². The summed E-state index contributed by atoms with van der Waals surface area (Å²) in [5, 5.41) is 7.86. The van der Waals surface area contributed by atoms with Crippen LogP contribution in [0.25, 0.3) is 0 Å². The molecule has 0 aromatic carbocycles. The van der Waals surface area contributed by atoms with E-state index in [0.717, 1.165) is 25.3 Å². The zero-order valence-corrected chi connectivity index (χ0v) is 12.2. The van der Waals surface area contributed by atoms with Gasteiger partial charge in [-0.2, -0.15) is 5.10 Å². The Morgan fingerprint density at radius 1 is 1.37 bits per heavy atom. The summed E-state index contributed by atoms with van der Waals surface area (Å²) < 4.78 is 4.13. The van der Waals surface area contributed by atoms with Crippen molar-refractivity contribution in [2.24, 2.45) is 7.05 Å². The number of rotatable bonds is 6. The number of hydrogen-bond acceptors (Lipinski definition) is 3. The van der Waals surface area contributed by atoms with Crippen molar-refractivity contribution in [2.45, 2.75) is 39.8 Å². The van der Waals surface area contributed by atoms with E-state index in [1.807, 2.05) is 24.1 Å². The molecule has 2 heterocycles. The molecule has 0 bridgehead atoms. The molecule has 0 aliphatic rings. The highest BCUT2D eigenvalue weighted by Crippen LogP contribution is 2.23. The summed E-state index contributed by atoms with van der Waals surface area (Å²) in [5.41, 5.74) is 2.38. The van der Waals surface area contributed by atoms with Crippen molar-refractivity contribution >= 4 is 0 Å². The zero-order valence-electron chi connectivity index (χ0n) is 12.2. The van der Waals surface area contributed by atoms with E-state index in [2.05, 4.69) is 46.9 Å². The first-order valence-electron chi connectivity index (χ1n) is 6.91. The molecule has 1 unspecified atom stereocenters. The summed E-state index contributed by atoms with van der Waals surface area (Å²) in [7, 11) is 1.97. The maximum atomic E-state index is 4.54. The Kier molecular flexibility index (Phi) is 4.37. The number of aromatic nitrogens is 4. The van der Waals surface area contributed by atoms with E-state index in [-0.39, 0.29) is 6.04 Å². The highest BCUT2D eigenvalue weighted by Gasteiger charge is 2.21. The van der Waals surface area contributed by atoms with E-state index in [1.165, 1.54) is 11.3 Å². The van der Waals surface area contributed by atoms with Crippen LogP contribution in [0.2, 0.25) is 0 Å². The third-order valence-electron chi connectivity index (χ3n) is 3.46. The Hall–Kier alpha value is -1.62. The second kappa shape index (κ2) is 6.02. The van der Waals surface area contributed by atoms with Crippen LogP contribution in [0.1, 0.15) is 43.4 Å². The summed E-state index contributed by atoms with van der Waals surface area (Å²) in [6, 6.07) is 0.111. The second-order valence-electron chi connectivity index (χ2n) is 4.78. The van der Waals surface area contributed by atoms with Gasteiger partial charge >= 0.3 is 0 Å². The van der Waals surface area contributed by atoms with Gasteiger partial charge in [0.25, 0.3) is 0 Å². The van der Waals surface area contributed by atoms with Crippen LogP contribution in [-0.2, 0) is 13.6 Å². The fourth-order valence-electron chi connectivity index (χ4n) is 2.35. The molecule has 0 spiro atoms. The van der Waals surface area contributed by atoms with Gasteiger partial charge in [0.05, 0.1) is 12.2 Å². The smallest absolute Gasteiger partial charge is 0.130 e. The lowest BCUT2D eigenvalue weighted by Crippen LogP contribution is -2.25. The monoisotopic (exact) mass is 261 g/mol. The summed E-state index contributed by atoms with van der Waals surface area (Å²) in [4.78, 5) is 4.54. The van der Waals surface area contributed by atoms with Crippen molar-refractivity contribution in [3.8, 4) is 0 Å². The van der Waals surface area contributed by atoms with Gasteiger partial charge in [0.2, 0.25) is 0 Å². The molecule has 104 valence electrons.